The Balaban J connectivity index is 2.19. The number of carbonyl (C=O) groups is 1. The first-order chi connectivity index (χ1) is 7.59. The molecule has 2 rings (SSSR count). The zero-order valence-corrected chi connectivity index (χ0v) is 10.2. The van der Waals surface area contributed by atoms with E-state index in [1.54, 1.807) is 0 Å². The fraction of sp³-hybridized carbons (Fsp3) is 0.500. The summed E-state index contributed by atoms with van der Waals surface area (Å²) in [5.74, 6) is 0.178. The molecule has 1 aliphatic carbocycles. The maximum Gasteiger partial charge on any atom is 0.254 e. The molecule has 0 spiro atoms. The average molecular weight is 217 g/mol. The van der Waals surface area contributed by atoms with Crippen molar-refractivity contribution in [1.29, 1.82) is 0 Å². The summed E-state index contributed by atoms with van der Waals surface area (Å²) in [6, 6.07) is 8.62. The van der Waals surface area contributed by atoms with Crippen LogP contribution < -0.4 is 0 Å². The van der Waals surface area contributed by atoms with Crippen LogP contribution in [0.25, 0.3) is 0 Å². The van der Waals surface area contributed by atoms with Gasteiger partial charge in [-0.05, 0) is 45.7 Å². The maximum absolute atomic E-state index is 12.3. The molecule has 0 radical (unpaired) electrons. The predicted octanol–water partition coefficient (Wildman–Crippen LogP) is 3.01. The zero-order valence-electron chi connectivity index (χ0n) is 10.2. The second-order valence-corrected chi connectivity index (χ2v) is 4.90. The third-order valence-corrected chi connectivity index (χ3v) is 3.03. The predicted molar refractivity (Wildman–Crippen MR) is 65.5 cm³/mol. The van der Waals surface area contributed by atoms with E-state index in [9.17, 15) is 4.79 Å². The minimum atomic E-state index is 0.178. The second kappa shape index (κ2) is 4.28. The molecule has 0 unspecified atom stereocenters. The molecule has 0 N–H and O–H groups in total. The van der Waals surface area contributed by atoms with Crippen LogP contribution in [-0.2, 0) is 0 Å². The topological polar surface area (TPSA) is 20.3 Å². The van der Waals surface area contributed by atoms with Crippen LogP contribution in [0.3, 0.4) is 0 Å². The van der Waals surface area contributed by atoms with Gasteiger partial charge in [0.25, 0.3) is 5.91 Å². The van der Waals surface area contributed by atoms with E-state index in [-0.39, 0.29) is 5.91 Å². The van der Waals surface area contributed by atoms with Crippen molar-refractivity contribution in [2.24, 2.45) is 0 Å². The molecule has 16 heavy (non-hydrogen) atoms. The number of amides is 1. The number of carbonyl (C=O) groups excluding carboxylic acids is 1. The Morgan fingerprint density at radius 1 is 1.25 bits per heavy atom. The van der Waals surface area contributed by atoms with Crippen LogP contribution in [0.2, 0.25) is 0 Å². The Morgan fingerprint density at radius 3 is 2.25 bits per heavy atom. The Morgan fingerprint density at radius 2 is 1.81 bits per heavy atom. The molecular weight excluding hydrogens is 198 g/mol. The molecule has 1 aliphatic rings. The van der Waals surface area contributed by atoms with Gasteiger partial charge in [-0.15, -0.1) is 0 Å². The fourth-order valence-corrected chi connectivity index (χ4v) is 2.02. The first kappa shape index (κ1) is 11.2. The molecule has 0 heterocycles. The minimum Gasteiger partial charge on any atom is -0.333 e. The lowest BCUT2D eigenvalue weighted by Gasteiger charge is -2.26. The summed E-state index contributed by atoms with van der Waals surface area (Å²) in [5.41, 5.74) is 2.00. The third kappa shape index (κ3) is 2.26. The van der Waals surface area contributed by atoms with Crippen molar-refractivity contribution in [3.63, 3.8) is 0 Å². The summed E-state index contributed by atoms with van der Waals surface area (Å²) in [6.07, 6.45) is 2.32. The molecule has 1 fully saturated rings. The van der Waals surface area contributed by atoms with Crippen molar-refractivity contribution in [3.05, 3.63) is 35.4 Å². The van der Waals surface area contributed by atoms with Gasteiger partial charge in [0.15, 0.2) is 0 Å². The van der Waals surface area contributed by atoms with E-state index in [1.165, 1.54) is 5.56 Å². The lowest BCUT2D eigenvalue weighted by molar-refractivity contribution is 0.0690. The number of benzene rings is 1. The highest BCUT2D eigenvalue weighted by molar-refractivity contribution is 5.94. The van der Waals surface area contributed by atoms with Crippen LogP contribution in [0.5, 0.6) is 0 Å². The van der Waals surface area contributed by atoms with Gasteiger partial charge in [-0.2, -0.15) is 0 Å². The van der Waals surface area contributed by atoms with Crippen molar-refractivity contribution in [3.8, 4) is 0 Å². The molecule has 0 aromatic heterocycles. The zero-order chi connectivity index (χ0) is 11.7. The molecule has 2 nitrogen and oxygen atoms in total. The normalized spacial score (nSPS) is 15.2. The molecular formula is C14H19NO. The molecule has 0 atom stereocenters. The van der Waals surface area contributed by atoms with Gasteiger partial charge in [0.1, 0.15) is 0 Å². The summed E-state index contributed by atoms with van der Waals surface area (Å²) in [7, 11) is 0. The van der Waals surface area contributed by atoms with Gasteiger partial charge in [-0.25, -0.2) is 0 Å². The quantitative estimate of drug-likeness (QED) is 0.762. The summed E-state index contributed by atoms with van der Waals surface area (Å²) < 4.78 is 0. The summed E-state index contributed by atoms with van der Waals surface area (Å²) in [4.78, 5) is 14.3. The van der Waals surface area contributed by atoms with Gasteiger partial charge >= 0.3 is 0 Å². The van der Waals surface area contributed by atoms with Gasteiger partial charge in [-0.1, -0.05) is 17.7 Å². The summed E-state index contributed by atoms with van der Waals surface area (Å²) in [6.45, 7) is 6.21. The van der Waals surface area contributed by atoms with Crippen LogP contribution >= 0.6 is 0 Å². The fourth-order valence-electron chi connectivity index (χ4n) is 2.02. The van der Waals surface area contributed by atoms with E-state index in [4.69, 9.17) is 0 Å². The molecule has 0 saturated heterocycles. The van der Waals surface area contributed by atoms with Crippen LogP contribution in [0.15, 0.2) is 24.3 Å². The van der Waals surface area contributed by atoms with Crippen LogP contribution in [0.1, 0.15) is 42.6 Å². The van der Waals surface area contributed by atoms with Crippen molar-refractivity contribution >= 4 is 5.91 Å². The van der Waals surface area contributed by atoms with E-state index in [0.29, 0.717) is 12.1 Å². The summed E-state index contributed by atoms with van der Waals surface area (Å²) >= 11 is 0. The Labute approximate surface area is 97.3 Å². The number of hydrogen-bond donors (Lipinski definition) is 0. The smallest absolute Gasteiger partial charge is 0.254 e. The third-order valence-electron chi connectivity index (χ3n) is 3.03. The number of hydrogen-bond acceptors (Lipinski definition) is 1. The molecule has 2 heteroatoms. The van der Waals surface area contributed by atoms with Crippen LogP contribution in [-0.4, -0.2) is 22.9 Å². The molecule has 1 saturated carbocycles. The Bertz CT molecular complexity index is 374. The van der Waals surface area contributed by atoms with Gasteiger partial charge in [-0.3, -0.25) is 4.79 Å². The monoisotopic (exact) mass is 217 g/mol. The SMILES string of the molecule is Cc1ccc(C(=O)N(C(C)C)C2CC2)cc1. The molecule has 0 aliphatic heterocycles. The lowest BCUT2D eigenvalue weighted by atomic mass is 10.1. The van der Waals surface area contributed by atoms with E-state index in [2.05, 4.69) is 13.8 Å². The summed E-state index contributed by atoms with van der Waals surface area (Å²) in [5, 5.41) is 0. The molecule has 1 amide bonds. The Kier molecular flexibility index (Phi) is 2.99. The molecule has 86 valence electrons. The number of rotatable bonds is 3. The van der Waals surface area contributed by atoms with Gasteiger partial charge in [0, 0.05) is 17.6 Å². The van der Waals surface area contributed by atoms with Crippen LogP contribution in [0, 0.1) is 6.92 Å². The standard InChI is InChI=1S/C14H19NO/c1-10(2)15(13-8-9-13)14(16)12-6-4-11(3)5-7-12/h4-7,10,13H,8-9H2,1-3H3. The van der Waals surface area contributed by atoms with E-state index in [1.807, 2.05) is 36.1 Å². The number of nitrogens with zero attached hydrogens (tertiary/aromatic N) is 1. The van der Waals surface area contributed by atoms with Crippen molar-refractivity contribution in [1.82, 2.24) is 4.90 Å². The highest BCUT2D eigenvalue weighted by Crippen LogP contribution is 2.30. The second-order valence-electron chi connectivity index (χ2n) is 4.90. The van der Waals surface area contributed by atoms with Crippen molar-refractivity contribution < 1.29 is 4.79 Å². The first-order valence-corrected chi connectivity index (χ1v) is 5.99. The van der Waals surface area contributed by atoms with Crippen molar-refractivity contribution in [2.45, 2.75) is 45.7 Å². The Hall–Kier alpha value is -1.31. The van der Waals surface area contributed by atoms with Gasteiger partial charge < -0.3 is 4.90 Å². The molecule has 1 aromatic carbocycles. The maximum atomic E-state index is 12.3. The first-order valence-electron chi connectivity index (χ1n) is 5.99. The van der Waals surface area contributed by atoms with Crippen molar-refractivity contribution in [2.75, 3.05) is 0 Å². The van der Waals surface area contributed by atoms with Crippen LogP contribution in [0.4, 0.5) is 0 Å². The minimum absolute atomic E-state index is 0.178. The lowest BCUT2D eigenvalue weighted by Crippen LogP contribution is -2.38. The van der Waals surface area contributed by atoms with E-state index >= 15 is 0 Å². The van der Waals surface area contributed by atoms with E-state index in [0.717, 1.165) is 18.4 Å². The largest absolute Gasteiger partial charge is 0.333 e. The number of aryl methyl sites for hydroxylation is 1. The average Bonchev–Trinajstić information content (AvgIpc) is 3.02. The highest BCUT2D eigenvalue weighted by Gasteiger charge is 2.34. The molecule has 1 aromatic rings. The molecule has 0 bridgehead atoms. The van der Waals surface area contributed by atoms with E-state index < -0.39 is 0 Å². The van der Waals surface area contributed by atoms with Gasteiger partial charge in [0.2, 0.25) is 0 Å². The highest BCUT2D eigenvalue weighted by atomic mass is 16.2. The van der Waals surface area contributed by atoms with Gasteiger partial charge in [0.05, 0.1) is 0 Å².